The fraction of sp³-hybridized carbons (Fsp3) is 0.360. The molecular weight excluding hydrogens is 376 g/mol. The quantitative estimate of drug-likeness (QED) is 0.537. The van der Waals surface area contributed by atoms with E-state index in [1.165, 1.54) is 25.7 Å². The molecule has 1 fully saturated rings. The van der Waals surface area contributed by atoms with Crippen LogP contribution in [0.4, 0.5) is 0 Å². The van der Waals surface area contributed by atoms with E-state index in [4.69, 9.17) is 9.15 Å². The highest BCUT2D eigenvalue weighted by Gasteiger charge is 2.17. The van der Waals surface area contributed by atoms with Crippen molar-refractivity contribution in [1.82, 2.24) is 10.3 Å². The Morgan fingerprint density at radius 3 is 2.43 bits per heavy atom. The summed E-state index contributed by atoms with van der Waals surface area (Å²) < 4.78 is 11.6. The zero-order valence-corrected chi connectivity index (χ0v) is 17.4. The van der Waals surface area contributed by atoms with Gasteiger partial charge >= 0.3 is 0 Å². The Kier molecular flexibility index (Phi) is 6.47. The van der Waals surface area contributed by atoms with E-state index >= 15 is 0 Å². The molecule has 0 unspecified atom stereocenters. The molecule has 1 aromatic heterocycles. The van der Waals surface area contributed by atoms with Crippen molar-refractivity contribution in [2.75, 3.05) is 0 Å². The summed E-state index contributed by atoms with van der Waals surface area (Å²) >= 11 is 0. The van der Waals surface area contributed by atoms with Crippen LogP contribution in [0.2, 0.25) is 0 Å². The molecule has 30 heavy (non-hydrogen) atoms. The Labute approximate surface area is 177 Å². The van der Waals surface area contributed by atoms with E-state index in [9.17, 15) is 4.79 Å². The van der Waals surface area contributed by atoms with Crippen LogP contribution >= 0.6 is 0 Å². The third-order valence-corrected chi connectivity index (χ3v) is 5.60. The molecule has 3 aromatic rings. The van der Waals surface area contributed by atoms with Gasteiger partial charge in [0.15, 0.2) is 0 Å². The Balaban J connectivity index is 1.39. The molecule has 5 nitrogen and oxygen atoms in total. The topological polar surface area (TPSA) is 64.4 Å². The molecule has 5 heteroatoms. The molecule has 0 atom stereocenters. The molecule has 1 heterocycles. The smallest absolute Gasteiger partial charge is 0.251 e. The number of rotatable bonds is 6. The lowest BCUT2D eigenvalue weighted by molar-refractivity contribution is 0.0933. The first-order valence-electron chi connectivity index (χ1n) is 10.7. The molecule has 1 aliphatic carbocycles. The van der Waals surface area contributed by atoms with E-state index in [2.05, 4.69) is 10.3 Å². The summed E-state index contributed by atoms with van der Waals surface area (Å²) in [5.41, 5.74) is 2.28. The van der Waals surface area contributed by atoms with Gasteiger partial charge in [0.05, 0.1) is 0 Å². The van der Waals surface area contributed by atoms with E-state index in [1.807, 2.05) is 61.5 Å². The van der Waals surface area contributed by atoms with Gasteiger partial charge in [-0.3, -0.25) is 4.79 Å². The van der Waals surface area contributed by atoms with Crippen molar-refractivity contribution < 1.29 is 13.9 Å². The summed E-state index contributed by atoms with van der Waals surface area (Å²) in [4.78, 5) is 17.2. The maximum absolute atomic E-state index is 12.6. The lowest BCUT2D eigenvalue weighted by atomic mass is 10.1. The number of benzene rings is 2. The van der Waals surface area contributed by atoms with E-state index in [-0.39, 0.29) is 5.91 Å². The van der Waals surface area contributed by atoms with E-state index in [0.29, 0.717) is 24.1 Å². The number of aryl methyl sites for hydroxylation is 1. The van der Waals surface area contributed by atoms with E-state index in [0.717, 1.165) is 35.6 Å². The van der Waals surface area contributed by atoms with Gasteiger partial charge in [-0.25, -0.2) is 4.98 Å². The van der Waals surface area contributed by atoms with Crippen molar-refractivity contribution in [3.63, 3.8) is 0 Å². The number of ether oxygens (including phenoxy) is 1. The van der Waals surface area contributed by atoms with E-state index in [1.54, 1.807) is 0 Å². The van der Waals surface area contributed by atoms with Gasteiger partial charge in [0.2, 0.25) is 5.89 Å². The lowest BCUT2D eigenvalue weighted by Crippen LogP contribution is -2.34. The number of hydrogen-bond acceptors (Lipinski definition) is 4. The summed E-state index contributed by atoms with van der Waals surface area (Å²) in [5.74, 6) is 2.06. The maximum Gasteiger partial charge on any atom is 0.251 e. The van der Waals surface area contributed by atoms with Gasteiger partial charge in [-0.15, -0.1) is 0 Å². The normalized spacial score (nSPS) is 14.8. The third-order valence-electron chi connectivity index (χ3n) is 5.60. The molecular formula is C25H28N2O3. The first kappa shape index (κ1) is 20.2. The van der Waals surface area contributed by atoms with Crippen LogP contribution in [0.15, 0.2) is 59.0 Å². The Morgan fingerprint density at radius 1 is 1.03 bits per heavy atom. The van der Waals surface area contributed by atoms with Crippen molar-refractivity contribution in [3.8, 4) is 17.2 Å². The van der Waals surface area contributed by atoms with Crippen LogP contribution < -0.4 is 10.1 Å². The molecule has 1 N–H and O–H groups in total. The average molecular weight is 405 g/mol. The highest BCUT2D eigenvalue weighted by atomic mass is 16.5. The number of nitrogens with zero attached hydrogens (tertiary/aromatic N) is 1. The first-order valence-corrected chi connectivity index (χ1v) is 10.7. The molecule has 156 valence electrons. The fourth-order valence-electron chi connectivity index (χ4n) is 3.81. The van der Waals surface area contributed by atoms with Crippen LogP contribution in [0, 0.1) is 6.92 Å². The SMILES string of the molecule is Cc1oc(-c2ccc(C(=O)NC3CCCCCC3)cc2)nc1COc1ccccc1. The van der Waals surface area contributed by atoms with Crippen molar-refractivity contribution in [3.05, 3.63) is 71.6 Å². The predicted molar refractivity (Wildman–Crippen MR) is 116 cm³/mol. The number of para-hydroxylation sites is 1. The number of aromatic nitrogens is 1. The van der Waals surface area contributed by atoms with Crippen LogP contribution in [0.1, 0.15) is 60.3 Å². The molecule has 1 amide bonds. The summed E-state index contributed by atoms with van der Waals surface area (Å²) in [7, 11) is 0. The molecule has 0 saturated heterocycles. The predicted octanol–water partition coefficient (Wildman–Crippen LogP) is 5.68. The fourth-order valence-corrected chi connectivity index (χ4v) is 3.81. The largest absolute Gasteiger partial charge is 0.487 e. The van der Waals surface area contributed by atoms with Crippen molar-refractivity contribution in [2.24, 2.45) is 0 Å². The highest BCUT2D eigenvalue weighted by molar-refractivity contribution is 5.94. The Bertz CT molecular complexity index is 956. The van der Waals surface area contributed by atoms with Crippen LogP contribution in [0.3, 0.4) is 0 Å². The average Bonchev–Trinajstić information content (AvgIpc) is 2.96. The number of nitrogens with one attached hydrogen (secondary N) is 1. The number of oxazole rings is 1. The van der Waals surface area contributed by atoms with Gasteiger partial charge in [-0.05, 0) is 56.2 Å². The van der Waals surface area contributed by atoms with Crippen LogP contribution in [-0.2, 0) is 6.61 Å². The number of carbonyl (C=O) groups is 1. The highest BCUT2D eigenvalue weighted by Crippen LogP contribution is 2.24. The number of carbonyl (C=O) groups excluding carboxylic acids is 1. The number of hydrogen-bond donors (Lipinski definition) is 1. The van der Waals surface area contributed by atoms with Crippen molar-refractivity contribution in [1.29, 1.82) is 0 Å². The van der Waals surface area contributed by atoms with E-state index < -0.39 is 0 Å². The van der Waals surface area contributed by atoms with Gasteiger partial charge in [0, 0.05) is 17.2 Å². The third kappa shape index (κ3) is 5.09. The summed E-state index contributed by atoms with van der Waals surface area (Å²) in [6, 6.07) is 17.4. The molecule has 0 radical (unpaired) electrons. The molecule has 0 spiro atoms. The molecule has 1 aliphatic rings. The van der Waals surface area contributed by atoms with Gasteiger partial charge in [-0.1, -0.05) is 43.9 Å². The van der Waals surface area contributed by atoms with Crippen molar-refractivity contribution in [2.45, 2.75) is 58.1 Å². The second-order valence-corrected chi connectivity index (χ2v) is 7.86. The standard InChI is InChI=1S/C25H28N2O3/c1-18-23(17-29-22-11-7-4-8-12-22)27-25(30-18)20-15-13-19(14-16-20)24(28)26-21-9-5-2-3-6-10-21/h4,7-8,11-16,21H,2-3,5-6,9-10,17H2,1H3,(H,26,28). The minimum Gasteiger partial charge on any atom is -0.487 e. The first-order chi connectivity index (χ1) is 14.7. The summed E-state index contributed by atoms with van der Waals surface area (Å²) in [5, 5.41) is 3.19. The van der Waals surface area contributed by atoms with Gasteiger partial charge < -0.3 is 14.5 Å². The molecule has 1 saturated carbocycles. The van der Waals surface area contributed by atoms with Crippen molar-refractivity contribution >= 4 is 5.91 Å². The second-order valence-electron chi connectivity index (χ2n) is 7.86. The van der Waals surface area contributed by atoms with Crippen LogP contribution in [0.25, 0.3) is 11.5 Å². The molecule has 4 rings (SSSR count). The molecule has 2 aromatic carbocycles. The van der Waals surface area contributed by atoms with Gasteiger partial charge in [0.1, 0.15) is 23.8 Å². The zero-order valence-electron chi connectivity index (χ0n) is 17.4. The lowest BCUT2D eigenvalue weighted by Gasteiger charge is -2.16. The minimum absolute atomic E-state index is 0.00557. The monoisotopic (exact) mass is 404 g/mol. The maximum atomic E-state index is 12.6. The Morgan fingerprint density at radius 2 is 1.73 bits per heavy atom. The molecule has 0 bridgehead atoms. The summed E-state index contributed by atoms with van der Waals surface area (Å²) in [6.45, 7) is 2.23. The Hall–Kier alpha value is -3.08. The number of amides is 1. The summed E-state index contributed by atoms with van der Waals surface area (Å²) in [6.07, 6.45) is 7.10. The van der Waals surface area contributed by atoms with Crippen LogP contribution in [0.5, 0.6) is 5.75 Å². The van der Waals surface area contributed by atoms with Crippen LogP contribution in [-0.4, -0.2) is 16.9 Å². The van der Waals surface area contributed by atoms with Gasteiger partial charge in [-0.2, -0.15) is 0 Å². The second kappa shape index (κ2) is 9.61. The minimum atomic E-state index is -0.00557. The zero-order chi connectivity index (χ0) is 20.8. The molecule has 0 aliphatic heterocycles. The van der Waals surface area contributed by atoms with Gasteiger partial charge in [0.25, 0.3) is 5.91 Å².